The molecule has 0 aliphatic carbocycles. The molecule has 0 radical (unpaired) electrons. The molecule has 0 aliphatic heterocycles. The summed E-state index contributed by atoms with van der Waals surface area (Å²) in [6, 6.07) is 18.5. The van der Waals surface area contributed by atoms with Crippen LogP contribution in [0.5, 0.6) is 11.5 Å². The second-order valence-corrected chi connectivity index (χ2v) is 9.15. The van der Waals surface area contributed by atoms with Crippen LogP contribution in [0.25, 0.3) is 0 Å². The van der Waals surface area contributed by atoms with Gasteiger partial charge in [0.2, 0.25) is 0 Å². The number of hydrogen-bond donors (Lipinski definition) is 3. The van der Waals surface area contributed by atoms with E-state index in [1.165, 1.54) is 31.4 Å². The van der Waals surface area contributed by atoms with Crippen molar-refractivity contribution in [2.45, 2.75) is 24.7 Å². The monoisotopic (exact) mass is 497 g/mol. The fourth-order valence-corrected chi connectivity index (χ4v) is 4.15. The van der Waals surface area contributed by atoms with Crippen LogP contribution >= 0.6 is 0 Å². The molecule has 0 saturated carbocycles. The molecule has 3 aromatic carbocycles. The van der Waals surface area contributed by atoms with Crippen molar-refractivity contribution in [3.05, 3.63) is 83.9 Å². The number of para-hydroxylation sites is 2. The van der Waals surface area contributed by atoms with E-state index in [1.54, 1.807) is 48.5 Å². The van der Waals surface area contributed by atoms with Gasteiger partial charge in [0.05, 0.1) is 24.3 Å². The minimum absolute atomic E-state index is 0.0490. The highest BCUT2D eigenvalue weighted by atomic mass is 32.2. The molecule has 0 aliphatic rings. The molecule has 3 rings (SSSR count). The molecule has 9 nitrogen and oxygen atoms in total. The molecule has 184 valence electrons. The Labute approximate surface area is 204 Å². The average molecular weight is 498 g/mol. The van der Waals surface area contributed by atoms with E-state index in [0.29, 0.717) is 23.7 Å². The van der Waals surface area contributed by atoms with Gasteiger partial charge >= 0.3 is 0 Å². The second kappa shape index (κ2) is 11.9. The quantitative estimate of drug-likeness (QED) is 0.290. The third-order valence-corrected chi connectivity index (χ3v) is 6.29. The molecule has 3 N–H and O–H groups in total. The van der Waals surface area contributed by atoms with Crippen molar-refractivity contribution in [2.75, 3.05) is 18.4 Å². The van der Waals surface area contributed by atoms with E-state index in [1.807, 2.05) is 0 Å². The maximum absolute atomic E-state index is 12.8. The van der Waals surface area contributed by atoms with Gasteiger partial charge in [-0.3, -0.25) is 25.2 Å². The Morgan fingerprint density at radius 1 is 0.857 bits per heavy atom. The van der Waals surface area contributed by atoms with Crippen LogP contribution in [0.3, 0.4) is 0 Å². The van der Waals surface area contributed by atoms with Crippen LogP contribution < -0.4 is 25.0 Å². The number of ether oxygens (including phenoxy) is 2. The summed E-state index contributed by atoms with van der Waals surface area (Å²) in [5.41, 5.74) is 5.25. The van der Waals surface area contributed by atoms with E-state index < -0.39 is 21.8 Å². The van der Waals surface area contributed by atoms with Gasteiger partial charge in [0.25, 0.3) is 21.8 Å². The lowest BCUT2D eigenvalue weighted by molar-refractivity contribution is 0.0846. The number of benzene rings is 3. The molecule has 0 atom stereocenters. The van der Waals surface area contributed by atoms with E-state index in [-0.39, 0.29) is 16.1 Å². The predicted octanol–water partition coefficient (Wildman–Crippen LogP) is 3.75. The summed E-state index contributed by atoms with van der Waals surface area (Å²) in [6.45, 7) is 2.67. The van der Waals surface area contributed by atoms with Crippen LogP contribution in [0.1, 0.15) is 40.5 Å². The Kier molecular flexibility index (Phi) is 8.69. The lowest BCUT2D eigenvalue weighted by Crippen LogP contribution is -2.41. The fraction of sp³-hybridized carbons (Fsp3) is 0.200. The van der Waals surface area contributed by atoms with Crippen molar-refractivity contribution in [1.82, 2.24) is 10.9 Å². The first-order chi connectivity index (χ1) is 16.8. The highest BCUT2D eigenvalue weighted by Crippen LogP contribution is 2.26. The number of nitrogens with one attached hydrogen (secondary N) is 3. The first-order valence-electron chi connectivity index (χ1n) is 10.9. The molecule has 10 heteroatoms. The van der Waals surface area contributed by atoms with Crippen LogP contribution in [-0.2, 0) is 10.0 Å². The van der Waals surface area contributed by atoms with E-state index >= 15 is 0 Å². The van der Waals surface area contributed by atoms with Crippen LogP contribution in [0.2, 0.25) is 0 Å². The second-order valence-electron chi connectivity index (χ2n) is 7.47. The largest absolute Gasteiger partial charge is 0.495 e. The third-order valence-electron chi connectivity index (χ3n) is 4.93. The maximum Gasteiger partial charge on any atom is 0.269 e. The lowest BCUT2D eigenvalue weighted by atomic mass is 10.2. The topological polar surface area (TPSA) is 123 Å². The number of carbonyl (C=O) groups is 2. The van der Waals surface area contributed by atoms with Gasteiger partial charge in [-0.05, 0) is 61.0 Å². The smallest absolute Gasteiger partial charge is 0.269 e. The molecule has 0 fully saturated rings. The van der Waals surface area contributed by atoms with Crippen molar-refractivity contribution in [3.63, 3.8) is 0 Å². The number of hydrogen-bond acceptors (Lipinski definition) is 6. The molecule has 0 unspecified atom stereocenters. The molecule has 0 saturated heterocycles. The standard InChI is InChI=1S/C25H27N3O6S/c1-3-4-16-34-20-14-12-18(13-15-20)24(29)26-27-25(30)19-8-7-9-21(17-19)35(31,32)28-22-10-5-6-11-23(22)33-2/h5-15,17,28H,3-4,16H2,1-2H3,(H,26,29)(H,27,30). The first-order valence-corrected chi connectivity index (χ1v) is 12.4. The van der Waals surface area contributed by atoms with Gasteiger partial charge in [0.15, 0.2) is 0 Å². The van der Waals surface area contributed by atoms with Crippen LogP contribution in [0.4, 0.5) is 5.69 Å². The van der Waals surface area contributed by atoms with Crippen molar-refractivity contribution >= 4 is 27.5 Å². The molecular formula is C25H27N3O6S. The summed E-state index contributed by atoms with van der Waals surface area (Å²) < 4.78 is 38.8. The van der Waals surface area contributed by atoms with E-state index in [0.717, 1.165) is 12.8 Å². The molecule has 35 heavy (non-hydrogen) atoms. The first kappa shape index (κ1) is 25.6. The van der Waals surface area contributed by atoms with Crippen molar-refractivity contribution in [3.8, 4) is 11.5 Å². The summed E-state index contributed by atoms with van der Waals surface area (Å²) >= 11 is 0. The van der Waals surface area contributed by atoms with Crippen LogP contribution in [0, 0.1) is 0 Å². The van der Waals surface area contributed by atoms with E-state index in [9.17, 15) is 18.0 Å². The zero-order valence-electron chi connectivity index (χ0n) is 19.4. The Bertz CT molecular complexity index is 1280. The molecule has 2 amide bonds. The van der Waals surface area contributed by atoms with Gasteiger partial charge in [0, 0.05) is 11.1 Å². The molecule has 0 spiro atoms. The van der Waals surface area contributed by atoms with Gasteiger partial charge < -0.3 is 9.47 Å². The highest BCUT2D eigenvalue weighted by Gasteiger charge is 2.18. The number of anilines is 1. The molecule has 3 aromatic rings. The Hall–Kier alpha value is -4.05. The van der Waals surface area contributed by atoms with Gasteiger partial charge in [-0.1, -0.05) is 31.5 Å². The normalized spacial score (nSPS) is 10.8. The van der Waals surface area contributed by atoms with Crippen molar-refractivity contribution in [2.24, 2.45) is 0 Å². The Morgan fingerprint density at radius 3 is 2.23 bits per heavy atom. The summed E-state index contributed by atoms with van der Waals surface area (Å²) in [5.74, 6) is -0.195. The zero-order chi connectivity index (χ0) is 25.3. The Morgan fingerprint density at radius 2 is 1.54 bits per heavy atom. The van der Waals surface area contributed by atoms with Crippen LogP contribution in [-0.4, -0.2) is 33.9 Å². The molecule has 0 heterocycles. The minimum Gasteiger partial charge on any atom is -0.495 e. The van der Waals surface area contributed by atoms with Gasteiger partial charge in [-0.2, -0.15) is 0 Å². The Balaban J connectivity index is 1.63. The minimum atomic E-state index is -4.00. The number of sulfonamides is 1. The number of hydrazine groups is 1. The SMILES string of the molecule is CCCCOc1ccc(C(=O)NNC(=O)c2cccc(S(=O)(=O)Nc3ccccc3OC)c2)cc1. The number of carbonyl (C=O) groups excluding carboxylic acids is 2. The van der Waals surface area contributed by atoms with Crippen LogP contribution in [0.15, 0.2) is 77.7 Å². The molecular weight excluding hydrogens is 470 g/mol. The maximum atomic E-state index is 12.8. The number of rotatable bonds is 10. The highest BCUT2D eigenvalue weighted by molar-refractivity contribution is 7.92. The van der Waals surface area contributed by atoms with E-state index in [4.69, 9.17) is 9.47 Å². The lowest BCUT2D eigenvalue weighted by Gasteiger charge is -2.12. The summed E-state index contributed by atoms with van der Waals surface area (Å²) in [5, 5.41) is 0. The zero-order valence-corrected chi connectivity index (χ0v) is 20.2. The van der Waals surface area contributed by atoms with Crippen molar-refractivity contribution in [1.29, 1.82) is 0 Å². The number of unbranched alkanes of at least 4 members (excludes halogenated alkanes) is 1. The number of amides is 2. The molecule has 0 aromatic heterocycles. The number of methoxy groups -OCH3 is 1. The third kappa shape index (κ3) is 6.97. The summed E-state index contributed by atoms with van der Waals surface area (Å²) in [6.07, 6.45) is 1.96. The average Bonchev–Trinajstić information content (AvgIpc) is 2.88. The summed E-state index contributed by atoms with van der Waals surface area (Å²) in [7, 11) is -2.57. The van der Waals surface area contributed by atoms with E-state index in [2.05, 4.69) is 22.5 Å². The van der Waals surface area contributed by atoms with Gasteiger partial charge in [0.1, 0.15) is 11.5 Å². The predicted molar refractivity (Wildman–Crippen MR) is 132 cm³/mol. The fourth-order valence-electron chi connectivity index (χ4n) is 3.03. The van der Waals surface area contributed by atoms with Gasteiger partial charge in [-0.15, -0.1) is 0 Å². The van der Waals surface area contributed by atoms with Gasteiger partial charge in [-0.25, -0.2) is 8.42 Å². The summed E-state index contributed by atoms with van der Waals surface area (Å²) in [4.78, 5) is 24.8. The molecule has 0 bridgehead atoms. The van der Waals surface area contributed by atoms with Crippen molar-refractivity contribution < 1.29 is 27.5 Å².